The Hall–Kier alpha value is -3.84. The van der Waals surface area contributed by atoms with E-state index in [9.17, 15) is 33.4 Å². The topological polar surface area (TPSA) is 101 Å². The Labute approximate surface area is 174 Å². The lowest BCUT2D eigenvalue weighted by Crippen LogP contribution is -2.39. The number of fused-ring (bicyclic) bond motifs is 1. The molecule has 1 aromatic heterocycles. The molecule has 2 amide bonds. The molecule has 1 fully saturated rings. The normalized spacial score (nSPS) is 19.1. The highest BCUT2D eigenvalue weighted by Crippen LogP contribution is 2.41. The summed E-state index contributed by atoms with van der Waals surface area (Å²) in [5, 5.41) is 31.3. The number of aromatic nitrogens is 1. The molecule has 0 saturated carbocycles. The van der Waals surface area contributed by atoms with E-state index in [1.54, 1.807) is 30.5 Å². The van der Waals surface area contributed by atoms with E-state index in [2.05, 4.69) is 4.98 Å². The number of urea groups is 1. The van der Waals surface area contributed by atoms with Crippen molar-refractivity contribution in [2.75, 3.05) is 16.4 Å². The summed E-state index contributed by atoms with van der Waals surface area (Å²) in [4.78, 5) is 19.5. The molecule has 10 heteroatoms. The van der Waals surface area contributed by atoms with E-state index in [4.69, 9.17) is 0 Å². The van der Waals surface area contributed by atoms with Crippen LogP contribution in [0.15, 0.2) is 54.9 Å². The van der Waals surface area contributed by atoms with Gasteiger partial charge in [-0.3, -0.25) is 14.8 Å². The van der Waals surface area contributed by atoms with Crippen LogP contribution in [0, 0.1) is 11.3 Å². The van der Waals surface area contributed by atoms with Crippen LogP contribution in [0.3, 0.4) is 0 Å². The molecule has 2 atom stereocenters. The number of nitriles is 1. The maximum absolute atomic E-state index is 13.4. The van der Waals surface area contributed by atoms with E-state index in [0.29, 0.717) is 22.5 Å². The van der Waals surface area contributed by atoms with Gasteiger partial charge < -0.3 is 10.2 Å². The summed E-state index contributed by atoms with van der Waals surface area (Å²) in [7, 11) is 0. The number of aromatic hydroxyl groups is 1. The van der Waals surface area contributed by atoms with Gasteiger partial charge in [0.15, 0.2) is 0 Å². The van der Waals surface area contributed by atoms with Crippen molar-refractivity contribution in [3.8, 4) is 11.8 Å². The van der Waals surface area contributed by atoms with Crippen molar-refractivity contribution in [3.63, 3.8) is 0 Å². The lowest BCUT2D eigenvalue weighted by atomic mass is 10.1. The highest BCUT2D eigenvalue weighted by Gasteiger charge is 2.49. The summed E-state index contributed by atoms with van der Waals surface area (Å²) < 4.78 is 38.9. The van der Waals surface area contributed by atoms with Crippen LogP contribution in [0.1, 0.15) is 5.56 Å². The number of anilines is 2. The third-order valence-corrected chi connectivity index (χ3v) is 5.17. The van der Waals surface area contributed by atoms with Crippen molar-refractivity contribution in [3.05, 3.63) is 60.4 Å². The molecule has 0 spiro atoms. The molecule has 31 heavy (non-hydrogen) atoms. The van der Waals surface area contributed by atoms with Crippen molar-refractivity contribution < 1.29 is 28.2 Å². The van der Waals surface area contributed by atoms with Crippen molar-refractivity contribution >= 4 is 28.2 Å². The fourth-order valence-corrected chi connectivity index (χ4v) is 3.75. The summed E-state index contributed by atoms with van der Waals surface area (Å²) in [6.07, 6.45) is -1.70. The molecule has 2 N–H and O–H groups in total. The molecule has 0 radical (unpaired) electrons. The zero-order valence-electron chi connectivity index (χ0n) is 15.8. The first-order chi connectivity index (χ1) is 14.8. The minimum Gasteiger partial charge on any atom is -0.506 e. The van der Waals surface area contributed by atoms with E-state index in [1.807, 2.05) is 6.07 Å². The predicted molar refractivity (Wildman–Crippen MR) is 105 cm³/mol. The van der Waals surface area contributed by atoms with Gasteiger partial charge in [0.1, 0.15) is 11.8 Å². The lowest BCUT2D eigenvalue weighted by Gasteiger charge is -2.23. The van der Waals surface area contributed by atoms with E-state index >= 15 is 0 Å². The van der Waals surface area contributed by atoms with Crippen LogP contribution < -0.4 is 9.80 Å². The standard InChI is InChI=1S/C21H15F3N4O3/c22-21(23,24)13-5-6-15(19(30)7-13)27-18(11-29)16(8-25)28(20(27)31)17-10-26-9-12-3-1-2-4-14(12)17/h1-7,9-10,16,18,29-30H,11H2. The molecule has 0 aliphatic carbocycles. The Bertz CT molecular complexity index is 1200. The molecular formula is C21H15F3N4O3. The second-order valence-electron chi connectivity index (χ2n) is 6.93. The number of phenolic OH excluding ortho intramolecular Hbond substituents is 1. The Kier molecular flexibility index (Phi) is 4.91. The second kappa shape index (κ2) is 7.45. The summed E-state index contributed by atoms with van der Waals surface area (Å²) in [6.45, 7) is -0.654. The molecule has 4 rings (SSSR count). The number of alkyl halides is 3. The SMILES string of the molecule is N#CC1C(CO)N(c2ccc(C(F)(F)F)cc2O)C(=O)N1c1cncc2ccccc12. The van der Waals surface area contributed by atoms with Crippen molar-refractivity contribution in [1.82, 2.24) is 4.98 Å². The molecule has 2 aromatic carbocycles. The average molecular weight is 428 g/mol. The lowest BCUT2D eigenvalue weighted by molar-refractivity contribution is -0.137. The maximum Gasteiger partial charge on any atom is 0.416 e. The van der Waals surface area contributed by atoms with E-state index < -0.39 is 42.2 Å². The van der Waals surface area contributed by atoms with Crippen LogP contribution >= 0.6 is 0 Å². The molecule has 158 valence electrons. The fraction of sp³-hybridized carbons (Fsp3) is 0.190. The number of hydrogen-bond donors (Lipinski definition) is 2. The zero-order valence-corrected chi connectivity index (χ0v) is 15.8. The van der Waals surface area contributed by atoms with Crippen LogP contribution in [0.25, 0.3) is 10.8 Å². The molecule has 2 unspecified atom stereocenters. The van der Waals surface area contributed by atoms with Gasteiger partial charge in [-0.05, 0) is 18.2 Å². The molecule has 1 aliphatic rings. The Morgan fingerprint density at radius 2 is 1.84 bits per heavy atom. The van der Waals surface area contributed by atoms with E-state index in [0.717, 1.165) is 21.9 Å². The first kappa shape index (κ1) is 20.4. The number of carbonyl (C=O) groups is 1. The fourth-order valence-electron chi connectivity index (χ4n) is 3.75. The number of aliphatic hydroxyl groups is 1. The van der Waals surface area contributed by atoms with Crippen LogP contribution in [-0.4, -0.2) is 39.9 Å². The monoisotopic (exact) mass is 428 g/mol. The number of nitrogens with zero attached hydrogens (tertiary/aromatic N) is 4. The average Bonchev–Trinajstić information content (AvgIpc) is 3.03. The maximum atomic E-state index is 13.4. The number of phenols is 1. The van der Waals surface area contributed by atoms with Crippen molar-refractivity contribution in [2.45, 2.75) is 18.3 Å². The van der Waals surface area contributed by atoms with Gasteiger partial charge >= 0.3 is 12.2 Å². The Morgan fingerprint density at radius 1 is 1.10 bits per heavy atom. The highest BCUT2D eigenvalue weighted by molar-refractivity contribution is 6.12. The number of rotatable bonds is 3. The number of pyridine rings is 1. The first-order valence-electron chi connectivity index (χ1n) is 9.13. The predicted octanol–water partition coefficient (Wildman–Crippen LogP) is 3.66. The number of halogens is 3. The van der Waals surface area contributed by atoms with E-state index in [1.165, 1.54) is 6.20 Å². The molecule has 7 nitrogen and oxygen atoms in total. The van der Waals surface area contributed by atoms with Gasteiger partial charge in [-0.1, -0.05) is 24.3 Å². The van der Waals surface area contributed by atoms with Gasteiger partial charge in [0, 0.05) is 17.0 Å². The van der Waals surface area contributed by atoms with Crippen LogP contribution in [-0.2, 0) is 6.18 Å². The smallest absolute Gasteiger partial charge is 0.416 e. The number of hydrogen-bond acceptors (Lipinski definition) is 5. The highest BCUT2D eigenvalue weighted by atomic mass is 19.4. The minimum absolute atomic E-state index is 0.243. The van der Waals surface area contributed by atoms with Gasteiger partial charge in [-0.2, -0.15) is 18.4 Å². The number of aliphatic hydroxyl groups excluding tert-OH is 1. The van der Waals surface area contributed by atoms with Crippen LogP contribution in [0.2, 0.25) is 0 Å². The zero-order chi connectivity index (χ0) is 22.3. The molecule has 1 aliphatic heterocycles. The second-order valence-corrected chi connectivity index (χ2v) is 6.93. The van der Waals surface area contributed by atoms with Gasteiger partial charge in [0.25, 0.3) is 0 Å². The van der Waals surface area contributed by atoms with Crippen molar-refractivity contribution in [1.29, 1.82) is 5.26 Å². The summed E-state index contributed by atoms with van der Waals surface area (Å²) in [5.74, 6) is -0.795. The molecular weight excluding hydrogens is 413 g/mol. The summed E-state index contributed by atoms with van der Waals surface area (Å²) in [6, 6.07) is 8.10. The Morgan fingerprint density at radius 3 is 2.48 bits per heavy atom. The molecule has 0 bridgehead atoms. The molecule has 3 aromatic rings. The summed E-state index contributed by atoms with van der Waals surface area (Å²) in [5.41, 5.74) is -1.03. The third-order valence-electron chi connectivity index (χ3n) is 5.17. The quantitative estimate of drug-likeness (QED) is 0.663. The van der Waals surface area contributed by atoms with E-state index in [-0.39, 0.29) is 5.69 Å². The van der Waals surface area contributed by atoms with Gasteiger partial charge in [0.05, 0.1) is 41.9 Å². The number of carbonyl (C=O) groups excluding carboxylic acids is 1. The third kappa shape index (κ3) is 3.29. The van der Waals surface area contributed by atoms with Gasteiger partial charge in [-0.25, -0.2) is 4.79 Å². The number of amides is 2. The van der Waals surface area contributed by atoms with Gasteiger partial charge in [-0.15, -0.1) is 0 Å². The summed E-state index contributed by atoms with van der Waals surface area (Å²) >= 11 is 0. The molecule has 1 saturated heterocycles. The largest absolute Gasteiger partial charge is 0.506 e. The Balaban J connectivity index is 1.85. The molecule has 2 heterocycles. The van der Waals surface area contributed by atoms with Crippen LogP contribution in [0.5, 0.6) is 5.75 Å². The first-order valence-corrected chi connectivity index (χ1v) is 9.13. The van der Waals surface area contributed by atoms with Gasteiger partial charge in [0.2, 0.25) is 0 Å². The number of benzene rings is 2. The minimum atomic E-state index is -4.68. The van der Waals surface area contributed by atoms with Crippen LogP contribution in [0.4, 0.5) is 29.3 Å². The van der Waals surface area contributed by atoms with Crippen molar-refractivity contribution in [2.24, 2.45) is 0 Å².